The van der Waals surface area contributed by atoms with E-state index in [1.165, 1.54) is 0 Å². The molecule has 2 rings (SSSR count). The van der Waals surface area contributed by atoms with E-state index < -0.39 is 9.84 Å². The Kier molecular flexibility index (Phi) is 6.00. The van der Waals surface area contributed by atoms with E-state index in [1.54, 1.807) is 24.3 Å². The molecule has 1 aromatic rings. The van der Waals surface area contributed by atoms with Crippen LogP contribution < -0.4 is 5.32 Å². The van der Waals surface area contributed by atoms with Crippen LogP contribution in [0.2, 0.25) is 0 Å². The minimum absolute atomic E-state index is 0.0520. The number of nitrogens with one attached hydrogen (secondary N) is 1. The third kappa shape index (κ3) is 4.32. The molecule has 22 heavy (non-hydrogen) atoms. The van der Waals surface area contributed by atoms with E-state index in [4.69, 9.17) is 0 Å². The fourth-order valence-corrected chi connectivity index (χ4v) is 4.80. The first-order valence-corrected chi connectivity index (χ1v) is 9.72. The molecule has 1 aromatic carbocycles. The van der Waals surface area contributed by atoms with E-state index >= 15 is 0 Å². The lowest BCUT2D eigenvalue weighted by Crippen LogP contribution is -2.18. The van der Waals surface area contributed by atoms with Gasteiger partial charge in [-0.1, -0.05) is 38.7 Å². The van der Waals surface area contributed by atoms with Crippen molar-refractivity contribution in [2.75, 3.05) is 5.32 Å². The zero-order chi connectivity index (χ0) is 16.0. The second kappa shape index (κ2) is 7.77. The highest BCUT2D eigenvalue weighted by Gasteiger charge is 2.30. The molecule has 4 nitrogen and oxygen atoms in total. The van der Waals surface area contributed by atoms with Crippen molar-refractivity contribution in [1.29, 1.82) is 0 Å². The van der Waals surface area contributed by atoms with Crippen LogP contribution in [-0.2, 0) is 14.6 Å². The zero-order valence-corrected chi connectivity index (χ0v) is 14.0. The third-order valence-corrected chi connectivity index (χ3v) is 6.45. The topological polar surface area (TPSA) is 63.2 Å². The predicted molar refractivity (Wildman–Crippen MR) is 88.7 cm³/mol. The molecule has 0 unspecified atom stereocenters. The molecule has 1 fully saturated rings. The van der Waals surface area contributed by atoms with Crippen molar-refractivity contribution in [3.63, 3.8) is 0 Å². The molecule has 1 saturated carbocycles. The van der Waals surface area contributed by atoms with Crippen LogP contribution in [0.5, 0.6) is 0 Å². The Hall–Kier alpha value is -1.36. The number of hydrogen-bond donors (Lipinski definition) is 1. The molecule has 122 valence electrons. The molecule has 0 radical (unpaired) electrons. The molecule has 0 aliphatic heterocycles. The normalized spacial score (nSPS) is 15.9. The second-order valence-electron chi connectivity index (χ2n) is 5.98. The summed E-state index contributed by atoms with van der Waals surface area (Å²) in [6.45, 7) is 2.09. The summed E-state index contributed by atoms with van der Waals surface area (Å²) in [6.07, 6.45) is 6.91. The van der Waals surface area contributed by atoms with Crippen LogP contribution in [0, 0.1) is 0 Å². The number of anilines is 1. The van der Waals surface area contributed by atoms with Crippen molar-refractivity contribution >= 4 is 21.4 Å². The Morgan fingerprint density at radius 2 is 1.95 bits per heavy atom. The van der Waals surface area contributed by atoms with E-state index in [0.29, 0.717) is 17.0 Å². The first-order valence-electron chi connectivity index (χ1n) is 8.18. The maximum Gasteiger partial charge on any atom is 0.224 e. The highest BCUT2D eigenvalue weighted by atomic mass is 32.2. The Labute approximate surface area is 133 Å². The number of rotatable bonds is 7. The maximum atomic E-state index is 12.6. The standard InChI is InChI=1S/C17H25NO3S/c1-2-3-4-12-17(19)18-14-8-7-11-16(13-14)22(20,21)15-9-5-6-10-15/h7-8,11,13,15H,2-6,9-10,12H2,1H3,(H,18,19). The molecule has 0 atom stereocenters. The van der Waals surface area contributed by atoms with Gasteiger partial charge in [0.15, 0.2) is 9.84 Å². The van der Waals surface area contributed by atoms with Gasteiger partial charge in [-0.25, -0.2) is 8.42 Å². The summed E-state index contributed by atoms with van der Waals surface area (Å²) in [4.78, 5) is 12.2. The lowest BCUT2D eigenvalue weighted by atomic mass is 10.2. The van der Waals surface area contributed by atoms with Gasteiger partial charge in [-0.3, -0.25) is 4.79 Å². The summed E-state index contributed by atoms with van der Waals surface area (Å²) < 4.78 is 25.1. The average Bonchev–Trinajstić information content (AvgIpc) is 3.03. The molecule has 1 amide bonds. The van der Waals surface area contributed by atoms with Crippen LogP contribution in [0.15, 0.2) is 29.2 Å². The smallest absolute Gasteiger partial charge is 0.224 e. The minimum Gasteiger partial charge on any atom is -0.326 e. The fraction of sp³-hybridized carbons (Fsp3) is 0.588. The minimum atomic E-state index is -3.27. The number of unbranched alkanes of at least 4 members (excludes halogenated alkanes) is 2. The lowest BCUT2D eigenvalue weighted by molar-refractivity contribution is -0.116. The molecule has 5 heteroatoms. The number of benzene rings is 1. The number of hydrogen-bond acceptors (Lipinski definition) is 3. The molecule has 1 aliphatic rings. The van der Waals surface area contributed by atoms with Gasteiger partial charge in [0.2, 0.25) is 5.91 Å². The Balaban J connectivity index is 2.05. The quantitative estimate of drug-likeness (QED) is 0.774. The van der Waals surface area contributed by atoms with Crippen LogP contribution in [0.1, 0.15) is 58.3 Å². The van der Waals surface area contributed by atoms with Crippen molar-refractivity contribution in [3.8, 4) is 0 Å². The van der Waals surface area contributed by atoms with E-state index in [2.05, 4.69) is 12.2 Å². The van der Waals surface area contributed by atoms with Crippen molar-refractivity contribution in [2.45, 2.75) is 68.4 Å². The Bertz CT molecular complexity index is 604. The van der Waals surface area contributed by atoms with Crippen molar-refractivity contribution in [3.05, 3.63) is 24.3 Å². The van der Waals surface area contributed by atoms with Gasteiger partial charge < -0.3 is 5.32 Å². The van der Waals surface area contributed by atoms with Gasteiger partial charge in [-0.05, 0) is 37.5 Å². The van der Waals surface area contributed by atoms with Crippen LogP contribution in [0.25, 0.3) is 0 Å². The average molecular weight is 323 g/mol. The SMILES string of the molecule is CCCCCC(=O)Nc1cccc(S(=O)(=O)C2CCCC2)c1. The first kappa shape index (κ1) is 17.0. The molecule has 1 N–H and O–H groups in total. The summed E-state index contributed by atoms with van der Waals surface area (Å²) in [5, 5.41) is 2.54. The zero-order valence-electron chi connectivity index (χ0n) is 13.2. The predicted octanol–water partition coefficient (Wildman–Crippen LogP) is 3.92. The molecule has 1 aliphatic carbocycles. The number of sulfone groups is 1. The van der Waals surface area contributed by atoms with E-state index in [-0.39, 0.29) is 11.2 Å². The molecule has 0 spiro atoms. The van der Waals surface area contributed by atoms with Gasteiger partial charge in [-0.15, -0.1) is 0 Å². The van der Waals surface area contributed by atoms with Gasteiger partial charge in [0.05, 0.1) is 10.1 Å². The first-order chi connectivity index (χ1) is 10.5. The van der Waals surface area contributed by atoms with Crippen molar-refractivity contribution < 1.29 is 13.2 Å². The summed E-state index contributed by atoms with van der Waals surface area (Å²) in [5.74, 6) is -0.0520. The highest BCUT2D eigenvalue weighted by molar-refractivity contribution is 7.92. The van der Waals surface area contributed by atoms with Gasteiger partial charge >= 0.3 is 0 Å². The van der Waals surface area contributed by atoms with Gasteiger partial charge in [0.1, 0.15) is 0 Å². The number of carbonyl (C=O) groups is 1. The molecule has 0 heterocycles. The van der Waals surface area contributed by atoms with Gasteiger partial charge in [-0.2, -0.15) is 0 Å². The van der Waals surface area contributed by atoms with Gasteiger partial charge in [0, 0.05) is 12.1 Å². The summed E-state index contributed by atoms with van der Waals surface area (Å²) in [6, 6.07) is 6.65. The van der Waals surface area contributed by atoms with E-state index in [1.807, 2.05) is 0 Å². The summed E-state index contributed by atoms with van der Waals surface area (Å²) in [7, 11) is -3.27. The van der Waals surface area contributed by atoms with Crippen LogP contribution in [0.4, 0.5) is 5.69 Å². The lowest BCUT2D eigenvalue weighted by Gasteiger charge is -2.12. The maximum absolute atomic E-state index is 12.6. The Morgan fingerprint density at radius 3 is 2.64 bits per heavy atom. The molecule has 0 saturated heterocycles. The highest BCUT2D eigenvalue weighted by Crippen LogP contribution is 2.30. The van der Waals surface area contributed by atoms with E-state index in [0.717, 1.165) is 44.9 Å². The summed E-state index contributed by atoms with van der Waals surface area (Å²) in [5.41, 5.74) is 0.570. The number of carbonyl (C=O) groups excluding carboxylic acids is 1. The van der Waals surface area contributed by atoms with E-state index in [9.17, 15) is 13.2 Å². The molecular weight excluding hydrogens is 298 g/mol. The number of amides is 1. The van der Waals surface area contributed by atoms with Crippen molar-refractivity contribution in [2.24, 2.45) is 0 Å². The molecule has 0 aromatic heterocycles. The third-order valence-electron chi connectivity index (χ3n) is 4.19. The summed E-state index contributed by atoms with van der Waals surface area (Å²) >= 11 is 0. The fourth-order valence-electron chi connectivity index (χ4n) is 2.90. The second-order valence-corrected chi connectivity index (χ2v) is 8.21. The molecule has 0 bridgehead atoms. The Morgan fingerprint density at radius 1 is 1.23 bits per heavy atom. The largest absolute Gasteiger partial charge is 0.326 e. The van der Waals surface area contributed by atoms with Crippen LogP contribution in [-0.4, -0.2) is 19.6 Å². The van der Waals surface area contributed by atoms with Crippen LogP contribution in [0.3, 0.4) is 0 Å². The van der Waals surface area contributed by atoms with Gasteiger partial charge in [0.25, 0.3) is 0 Å². The van der Waals surface area contributed by atoms with Crippen LogP contribution >= 0.6 is 0 Å². The molecular formula is C17H25NO3S. The monoisotopic (exact) mass is 323 g/mol. The van der Waals surface area contributed by atoms with Crippen molar-refractivity contribution in [1.82, 2.24) is 0 Å².